The first kappa shape index (κ1) is 14.5. The van der Waals surface area contributed by atoms with Gasteiger partial charge in [-0.2, -0.15) is 5.26 Å². The van der Waals surface area contributed by atoms with Crippen molar-refractivity contribution in [3.63, 3.8) is 0 Å². The number of pyridine rings is 1. The van der Waals surface area contributed by atoms with Gasteiger partial charge in [0, 0.05) is 22.9 Å². The molecule has 21 heavy (non-hydrogen) atoms. The van der Waals surface area contributed by atoms with Gasteiger partial charge in [0.05, 0.1) is 14.2 Å². The first-order chi connectivity index (χ1) is 10.0. The minimum absolute atomic E-state index is 0.0776. The van der Waals surface area contributed by atoms with E-state index in [0.29, 0.717) is 22.6 Å². The van der Waals surface area contributed by atoms with Crippen molar-refractivity contribution < 1.29 is 14.6 Å². The Bertz CT molecular complexity index is 787. The predicted octanol–water partition coefficient (Wildman–Crippen LogP) is 1.94. The molecule has 108 valence electrons. The second kappa shape index (κ2) is 5.59. The van der Waals surface area contributed by atoms with Gasteiger partial charge in [0.25, 0.3) is 5.56 Å². The lowest BCUT2D eigenvalue weighted by molar-refractivity contribution is 0.365. The monoisotopic (exact) mass is 286 g/mol. The number of benzene rings is 1. The van der Waals surface area contributed by atoms with Crippen LogP contribution in [0.1, 0.15) is 11.3 Å². The van der Waals surface area contributed by atoms with Crippen molar-refractivity contribution in [1.29, 1.82) is 5.26 Å². The summed E-state index contributed by atoms with van der Waals surface area (Å²) in [5, 5.41) is 19.4. The van der Waals surface area contributed by atoms with Crippen molar-refractivity contribution in [2.45, 2.75) is 6.92 Å². The zero-order chi connectivity index (χ0) is 15.6. The Morgan fingerprint density at radius 2 is 1.90 bits per heavy atom. The van der Waals surface area contributed by atoms with Gasteiger partial charge in [-0.05, 0) is 19.1 Å². The van der Waals surface area contributed by atoms with Crippen LogP contribution in [0.15, 0.2) is 23.0 Å². The topological polar surface area (TPSA) is 95.3 Å². The lowest BCUT2D eigenvalue weighted by Gasteiger charge is -2.13. The fourth-order valence-electron chi connectivity index (χ4n) is 2.07. The SMILES string of the molecule is COc1cc(OC)c(O)c(-c2cc(C)[nH]c(=O)c2C#N)c1. The van der Waals surface area contributed by atoms with Crippen LogP contribution >= 0.6 is 0 Å². The number of nitrogens with zero attached hydrogens (tertiary/aromatic N) is 1. The van der Waals surface area contributed by atoms with Crippen molar-refractivity contribution >= 4 is 0 Å². The van der Waals surface area contributed by atoms with E-state index < -0.39 is 5.56 Å². The number of aromatic hydroxyl groups is 1. The third-order valence-corrected chi connectivity index (χ3v) is 3.07. The quantitative estimate of drug-likeness (QED) is 0.899. The highest BCUT2D eigenvalue weighted by atomic mass is 16.5. The third kappa shape index (κ3) is 2.54. The Morgan fingerprint density at radius 3 is 2.48 bits per heavy atom. The van der Waals surface area contributed by atoms with Gasteiger partial charge in [0.15, 0.2) is 11.5 Å². The smallest absolute Gasteiger partial charge is 0.266 e. The van der Waals surface area contributed by atoms with Crippen LogP contribution in [0.3, 0.4) is 0 Å². The summed E-state index contributed by atoms with van der Waals surface area (Å²) in [6.45, 7) is 1.69. The molecule has 2 rings (SSSR count). The Hall–Kier alpha value is -2.94. The van der Waals surface area contributed by atoms with E-state index in [9.17, 15) is 15.2 Å². The molecule has 0 saturated carbocycles. The van der Waals surface area contributed by atoms with Crippen LogP contribution in [0.2, 0.25) is 0 Å². The number of aromatic nitrogens is 1. The molecule has 2 N–H and O–H groups in total. The Kier molecular flexibility index (Phi) is 3.85. The van der Waals surface area contributed by atoms with E-state index in [2.05, 4.69) is 4.98 Å². The van der Waals surface area contributed by atoms with Gasteiger partial charge in [0.1, 0.15) is 17.4 Å². The number of nitrogens with one attached hydrogen (secondary N) is 1. The molecule has 0 radical (unpaired) electrons. The van der Waals surface area contributed by atoms with Crippen LogP contribution in [0.5, 0.6) is 17.2 Å². The Balaban J connectivity index is 2.85. The fraction of sp³-hybridized carbons (Fsp3) is 0.200. The molecular formula is C15H14N2O4. The molecule has 0 spiro atoms. The average molecular weight is 286 g/mol. The number of hydrogen-bond acceptors (Lipinski definition) is 5. The molecular weight excluding hydrogens is 272 g/mol. The number of rotatable bonds is 3. The summed E-state index contributed by atoms with van der Waals surface area (Å²) >= 11 is 0. The van der Waals surface area contributed by atoms with E-state index in [1.54, 1.807) is 19.1 Å². The van der Waals surface area contributed by atoms with Crippen molar-refractivity contribution in [2.24, 2.45) is 0 Å². The maximum Gasteiger partial charge on any atom is 0.266 e. The molecule has 1 aromatic heterocycles. The minimum atomic E-state index is -0.506. The van der Waals surface area contributed by atoms with Gasteiger partial charge in [-0.25, -0.2) is 0 Å². The third-order valence-electron chi connectivity index (χ3n) is 3.07. The number of aryl methyl sites for hydroxylation is 1. The maximum absolute atomic E-state index is 11.9. The summed E-state index contributed by atoms with van der Waals surface area (Å²) in [5.41, 5.74) is 0.625. The van der Waals surface area contributed by atoms with Crippen LogP contribution in [0.4, 0.5) is 0 Å². The van der Waals surface area contributed by atoms with Gasteiger partial charge < -0.3 is 19.6 Å². The second-order valence-electron chi connectivity index (χ2n) is 4.41. The predicted molar refractivity (Wildman–Crippen MR) is 76.7 cm³/mol. The summed E-state index contributed by atoms with van der Waals surface area (Å²) in [4.78, 5) is 14.4. The molecule has 0 fully saturated rings. The van der Waals surface area contributed by atoms with Gasteiger partial charge in [-0.15, -0.1) is 0 Å². The van der Waals surface area contributed by atoms with Crippen LogP contribution in [0.25, 0.3) is 11.1 Å². The van der Waals surface area contributed by atoms with Crippen molar-refractivity contribution in [2.75, 3.05) is 14.2 Å². The number of hydrogen-bond donors (Lipinski definition) is 2. The summed E-state index contributed by atoms with van der Waals surface area (Å²) < 4.78 is 10.2. The van der Waals surface area contributed by atoms with Gasteiger partial charge in [0.2, 0.25) is 0 Å². The highest BCUT2D eigenvalue weighted by Crippen LogP contribution is 2.41. The maximum atomic E-state index is 11.9. The van der Waals surface area contributed by atoms with Crippen LogP contribution in [-0.4, -0.2) is 24.3 Å². The van der Waals surface area contributed by atoms with E-state index in [1.807, 2.05) is 6.07 Å². The van der Waals surface area contributed by atoms with Crippen molar-refractivity contribution in [3.05, 3.63) is 39.8 Å². The molecule has 2 aromatic rings. The van der Waals surface area contributed by atoms with E-state index in [4.69, 9.17) is 9.47 Å². The summed E-state index contributed by atoms with van der Waals surface area (Å²) in [6.07, 6.45) is 0. The summed E-state index contributed by atoms with van der Waals surface area (Å²) in [5.74, 6) is 0.493. The fourth-order valence-corrected chi connectivity index (χ4v) is 2.07. The van der Waals surface area contributed by atoms with Gasteiger partial charge in [-0.1, -0.05) is 0 Å². The number of H-pyrrole nitrogens is 1. The van der Waals surface area contributed by atoms with Gasteiger partial charge in [-0.3, -0.25) is 4.79 Å². The average Bonchev–Trinajstić information content (AvgIpc) is 2.46. The highest BCUT2D eigenvalue weighted by molar-refractivity contribution is 5.79. The first-order valence-electron chi connectivity index (χ1n) is 6.11. The van der Waals surface area contributed by atoms with E-state index in [0.717, 1.165) is 0 Å². The molecule has 6 heteroatoms. The number of aromatic amines is 1. The Labute approximate surface area is 121 Å². The zero-order valence-corrected chi connectivity index (χ0v) is 11.9. The van der Waals surface area contributed by atoms with Crippen LogP contribution in [0, 0.1) is 18.3 Å². The van der Waals surface area contributed by atoms with E-state index in [1.165, 1.54) is 20.3 Å². The minimum Gasteiger partial charge on any atom is -0.504 e. The number of nitriles is 1. The van der Waals surface area contributed by atoms with Crippen LogP contribution < -0.4 is 15.0 Å². The Morgan fingerprint density at radius 1 is 1.19 bits per heavy atom. The molecule has 0 bridgehead atoms. The van der Waals surface area contributed by atoms with E-state index >= 15 is 0 Å². The molecule has 1 heterocycles. The normalized spacial score (nSPS) is 10.0. The molecule has 0 saturated heterocycles. The number of phenolic OH excluding ortho intramolecular Hbond substituents is 1. The lowest BCUT2D eigenvalue weighted by Crippen LogP contribution is -2.12. The standard InChI is InChI=1S/C15H14N2O4/c1-8-4-10(12(7-16)15(19)17-8)11-5-9(20-2)6-13(21-3)14(11)18/h4-6,18H,1-3H3,(H,17,19). The van der Waals surface area contributed by atoms with Gasteiger partial charge >= 0.3 is 0 Å². The molecule has 0 aliphatic heterocycles. The highest BCUT2D eigenvalue weighted by Gasteiger charge is 2.18. The van der Waals surface area contributed by atoms with Crippen molar-refractivity contribution in [3.8, 4) is 34.4 Å². The molecule has 0 atom stereocenters. The molecule has 6 nitrogen and oxygen atoms in total. The van der Waals surface area contributed by atoms with Crippen molar-refractivity contribution in [1.82, 2.24) is 4.98 Å². The zero-order valence-electron chi connectivity index (χ0n) is 11.9. The lowest BCUT2D eigenvalue weighted by atomic mass is 9.99. The molecule has 0 aliphatic rings. The van der Waals surface area contributed by atoms with Crippen LogP contribution in [-0.2, 0) is 0 Å². The molecule has 0 amide bonds. The largest absolute Gasteiger partial charge is 0.504 e. The molecule has 1 aromatic carbocycles. The molecule has 0 unspecified atom stereocenters. The number of phenols is 1. The number of ether oxygens (including phenoxy) is 2. The molecule has 0 aliphatic carbocycles. The number of methoxy groups -OCH3 is 2. The summed E-state index contributed by atoms with van der Waals surface area (Å²) in [7, 11) is 2.89. The van der Waals surface area contributed by atoms with E-state index in [-0.39, 0.29) is 17.1 Å². The second-order valence-corrected chi connectivity index (χ2v) is 4.41. The summed E-state index contributed by atoms with van der Waals surface area (Å²) in [6, 6.07) is 6.54. The first-order valence-corrected chi connectivity index (χ1v) is 6.11.